The van der Waals surface area contributed by atoms with Crippen LogP contribution in [0.25, 0.3) is 0 Å². The summed E-state index contributed by atoms with van der Waals surface area (Å²) in [7, 11) is 3.44. The smallest absolute Gasteiger partial charge is 0.410 e. The van der Waals surface area contributed by atoms with Gasteiger partial charge in [-0.15, -0.1) is 0 Å². The Morgan fingerprint density at radius 2 is 1.97 bits per heavy atom. The first-order valence-corrected chi connectivity index (χ1v) is 13.7. The van der Waals surface area contributed by atoms with Crippen molar-refractivity contribution in [3.05, 3.63) is 34.9 Å². The van der Waals surface area contributed by atoms with E-state index in [-0.39, 0.29) is 24.2 Å². The van der Waals surface area contributed by atoms with E-state index in [4.69, 9.17) is 4.74 Å². The van der Waals surface area contributed by atoms with Crippen molar-refractivity contribution in [2.75, 3.05) is 25.9 Å². The minimum atomic E-state index is -2.79. The Hall–Kier alpha value is -0.990. The van der Waals surface area contributed by atoms with Crippen LogP contribution < -0.4 is 0 Å². The minimum absolute atomic E-state index is 0.115. The molecule has 0 bridgehead atoms. The van der Waals surface area contributed by atoms with Crippen LogP contribution >= 0.6 is 21.8 Å². The Labute approximate surface area is 193 Å². The molecule has 0 radical (unpaired) electrons. The molecule has 31 heavy (non-hydrogen) atoms. The molecule has 2 aliphatic heterocycles. The van der Waals surface area contributed by atoms with Crippen molar-refractivity contribution in [2.45, 2.75) is 70.9 Å². The van der Waals surface area contributed by atoms with Gasteiger partial charge >= 0.3 is 6.09 Å². The molecule has 0 unspecified atom stereocenters. The maximum atomic E-state index is 14.9. The number of benzene rings is 1. The predicted octanol–water partition coefficient (Wildman–Crippen LogP) is 6.49. The van der Waals surface area contributed by atoms with Gasteiger partial charge in [-0.2, -0.15) is 0 Å². The van der Waals surface area contributed by atoms with Gasteiger partial charge in [0.25, 0.3) is 5.92 Å². The van der Waals surface area contributed by atoms with Gasteiger partial charge in [-0.05, 0) is 79.9 Å². The monoisotopic (exact) mass is 472 g/mol. The molecule has 3 rings (SSSR count). The largest absolute Gasteiger partial charge is 0.447 e. The molecule has 1 amide bonds. The molecule has 1 fully saturated rings. The van der Waals surface area contributed by atoms with Crippen molar-refractivity contribution >= 4 is 27.9 Å². The number of hydrogen-bond donors (Lipinski definition) is 0. The lowest BCUT2D eigenvalue weighted by Crippen LogP contribution is -2.39. The number of carbonyl (C=O) groups excluding carboxylic acids is 1. The van der Waals surface area contributed by atoms with Crippen molar-refractivity contribution in [1.82, 2.24) is 9.21 Å². The van der Waals surface area contributed by atoms with Gasteiger partial charge in [0.05, 0.1) is 6.10 Å². The van der Waals surface area contributed by atoms with Crippen molar-refractivity contribution in [3.8, 4) is 0 Å². The summed E-state index contributed by atoms with van der Waals surface area (Å²) < 4.78 is 37.3. The van der Waals surface area contributed by atoms with E-state index in [1.807, 2.05) is 26.2 Å². The summed E-state index contributed by atoms with van der Waals surface area (Å²) in [5, 5.41) is 0. The molecule has 0 saturated carbocycles. The van der Waals surface area contributed by atoms with Crippen LogP contribution in [0, 0.1) is 5.92 Å². The molecular formula is C23H34F2N2O2S2. The summed E-state index contributed by atoms with van der Waals surface area (Å²) >= 11 is 0. The number of rotatable bonds is 8. The average Bonchev–Trinajstić information content (AvgIpc) is 2.73. The molecule has 8 heteroatoms. The first kappa shape index (κ1) is 24.6. The second-order valence-electron chi connectivity index (χ2n) is 8.80. The van der Waals surface area contributed by atoms with E-state index >= 15 is 0 Å². The van der Waals surface area contributed by atoms with Gasteiger partial charge in [0.15, 0.2) is 0 Å². The van der Waals surface area contributed by atoms with E-state index in [0.717, 1.165) is 49.9 Å². The van der Waals surface area contributed by atoms with Gasteiger partial charge in [-0.3, -0.25) is 0 Å². The molecule has 0 aromatic heterocycles. The number of amides is 1. The molecule has 1 aromatic rings. The van der Waals surface area contributed by atoms with Gasteiger partial charge in [0, 0.05) is 38.2 Å². The number of piperidine rings is 1. The Kier molecular flexibility index (Phi) is 8.93. The lowest BCUT2D eigenvalue weighted by Gasteiger charge is -2.32. The molecule has 1 saturated heterocycles. The molecule has 0 N–H and O–H groups in total. The number of alkyl halides is 2. The molecule has 2 heterocycles. The summed E-state index contributed by atoms with van der Waals surface area (Å²) in [6.45, 7) is 6.71. The van der Waals surface area contributed by atoms with E-state index in [2.05, 4.69) is 4.31 Å². The van der Waals surface area contributed by atoms with Crippen LogP contribution in [-0.4, -0.2) is 47.3 Å². The van der Waals surface area contributed by atoms with Crippen molar-refractivity contribution in [1.29, 1.82) is 0 Å². The summed E-state index contributed by atoms with van der Waals surface area (Å²) in [6.07, 6.45) is 5.39. The number of ether oxygens (including phenoxy) is 1. The number of hydrogen-bond acceptors (Lipinski definition) is 5. The van der Waals surface area contributed by atoms with Gasteiger partial charge in [-0.1, -0.05) is 29.3 Å². The predicted molar refractivity (Wildman–Crippen MR) is 125 cm³/mol. The number of nitrogens with zero attached hydrogens (tertiary/aromatic N) is 2. The fourth-order valence-corrected chi connectivity index (χ4v) is 5.94. The van der Waals surface area contributed by atoms with Crippen LogP contribution in [0.3, 0.4) is 0 Å². The van der Waals surface area contributed by atoms with Crippen LogP contribution in [-0.2, 0) is 23.6 Å². The molecule has 0 spiro atoms. The maximum Gasteiger partial charge on any atom is 0.410 e. The third kappa shape index (κ3) is 6.99. The molecule has 0 atom stereocenters. The average molecular weight is 473 g/mol. The topological polar surface area (TPSA) is 32.8 Å². The first-order valence-electron chi connectivity index (χ1n) is 11.2. The molecule has 1 aromatic carbocycles. The highest BCUT2D eigenvalue weighted by Crippen LogP contribution is 2.37. The highest BCUT2D eigenvalue weighted by Gasteiger charge is 2.33. The normalized spacial score (nSPS) is 18.3. The zero-order chi connectivity index (χ0) is 22.4. The highest BCUT2D eigenvalue weighted by molar-refractivity contribution is 8.75. The molecule has 174 valence electrons. The van der Waals surface area contributed by atoms with Crippen molar-refractivity contribution in [3.63, 3.8) is 0 Å². The summed E-state index contributed by atoms with van der Waals surface area (Å²) in [4.78, 5) is 13.7. The molecule has 0 aliphatic carbocycles. The maximum absolute atomic E-state index is 14.9. The Morgan fingerprint density at radius 1 is 1.23 bits per heavy atom. The Morgan fingerprint density at radius 3 is 2.65 bits per heavy atom. The number of halogens is 2. The molecule has 4 nitrogen and oxygen atoms in total. The van der Waals surface area contributed by atoms with Gasteiger partial charge in [0.1, 0.15) is 0 Å². The van der Waals surface area contributed by atoms with Crippen LogP contribution in [0.4, 0.5) is 13.6 Å². The molecular weight excluding hydrogens is 438 g/mol. The Balaban J connectivity index is 1.45. The lowest BCUT2D eigenvalue weighted by molar-refractivity contribution is -0.0173. The van der Waals surface area contributed by atoms with Crippen molar-refractivity contribution < 1.29 is 18.3 Å². The fraction of sp³-hybridized carbons (Fsp3) is 0.696. The van der Waals surface area contributed by atoms with E-state index in [0.29, 0.717) is 25.4 Å². The number of carbonyl (C=O) groups is 1. The van der Waals surface area contributed by atoms with Crippen LogP contribution in [0.5, 0.6) is 0 Å². The van der Waals surface area contributed by atoms with E-state index in [1.165, 1.54) is 0 Å². The van der Waals surface area contributed by atoms with E-state index in [1.54, 1.807) is 38.8 Å². The second-order valence-corrected chi connectivity index (χ2v) is 11.2. The van der Waals surface area contributed by atoms with E-state index in [9.17, 15) is 13.6 Å². The SMILES string of the molecule is CSSN1CCc2cc(C(F)(F)CCCC3CCN(C(=O)OC(C)C)CC3)ccc2C1. The van der Waals surface area contributed by atoms with Crippen molar-refractivity contribution in [2.24, 2.45) is 5.92 Å². The van der Waals surface area contributed by atoms with Gasteiger partial charge in [0.2, 0.25) is 0 Å². The van der Waals surface area contributed by atoms with Gasteiger partial charge in [-0.25, -0.2) is 17.9 Å². The third-order valence-electron chi connectivity index (χ3n) is 6.10. The fourth-order valence-electron chi connectivity index (χ4n) is 4.36. The third-order valence-corrected chi connectivity index (χ3v) is 7.85. The van der Waals surface area contributed by atoms with Crippen LogP contribution in [0.15, 0.2) is 18.2 Å². The quantitative estimate of drug-likeness (QED) is 0.319. The standard InChI is InChI=1S/C23H34F2N2O2S2/c1-17(2)29-22(28)26-12-8-18(9-13-26)5-4-11-23(24,25)21-7-6-20-16-27(31-30-3)14-10-19(20)15-21/h6-7,15,17-18H,4-5,8-14,16H2,1-3H3. The zero-order valence-corrected chi connectivity index (χ0v) is 20.4. The van der Waals surface area contributed by atoms with Crippen LogP contribution in [0.2, 0.25) is 0 Å². The van der Waals surface area contributed by atoms with Crippen LogP contribution in [0.1, 0.15) is 62.6 Å². The van der Waals surface area contributed by atoms with E-state index < -0.39 is 5.92 Å². The minimum Gasteiger partial charge on any atom is -0.447 e. The number of fused-ring (bicyclic) bond motifs is 1. The zero-order valence-electron chi connectivity index (χ0n) is 18.7. The summed E-state index contributed by atoms with van der Waals surface area (Å²) in [5.41, 5.74) is 2.38. The first-order chi connectivity index (χ1) is 14.8. The highest BCUT2D eigenvalue weighted by atomic mass is 33.1. The second kappa shape index (κ2) is 11.2. The summed E-state index contributed by atoms with van der Waals surface area (Å²) in [6, 6.07) is 5.23. The Bertz CT molecular complexity index is 740. The van der Waals surface area contributed by atoms with Gasteiger partial charge < -0.3 is 9.64 Å². The number of likely N-dealkylation sites (tertiary alicyclic amines) is 1. The molecule has 2 aliphatic rings. The lowest BCUT2D eigenvalue weighted by atomic mass is 9.89. The summed E-state index contributed by atoms with van der Waals surface area (Å²) in [5.74, 6) is -2.38.